The molecule has 0 saturated carbocycles. The van der Waals surface area contributed by atoms with Crippen molar-refractivity contribution in [2.75, 3.05) is 43.5 Å². The predicted molar refractivity (Wildman–Crippen MR) is 142 cm³/mol. The summed E-state index contributed by atoms with van der Waals surface area (Å²) in [5.41, 5.74) is 0.648. The van der Waals surface area contributed by atoms with E-state index < -0.39 is 11.6 Å². The number of halogens is 2. The minimum Gasteiger partial charge on any atom is -0.462 e. The SMILES string of the molecule is CN1CCC[C@H]1COc1nc(N2C[C@H]3CC[C@@H](C2)N3)c2ccc(Nc3n[nH]c4c(F)cccc34)c(F)c2n1. The van der Waals surface area contributed by atoms with Crippen LogP contribution in [0.4, 0.5) is 26.1 Å². The number of H-pyrrole nitrogens is 1. The molecule has 4 aromatic rings. The number of anilines is 3. The number of nitrogens with one attached hydrogen (secondary N) is 3. The average Bonchev–Trinajstić information content (AvgIpc) is 3.63. The Hall–Kier alpha value is -3.57. The summed E-state index contributed by atoms with van der Waals surface area (Å²) in [4.78, 5) is 13.8. The van der Waals surface area contributed by atoms with Crippen molar-refractivity contribution in [1.82, 2.24) is 30.4 Å². The lowest BCUT2D eigenvalue weighted by atomic mass is 10.1. The predicted octanol–water partition coefficient (Wildman–Crippen LogP) is 3.94. The second kappa shape index (κ2) is 9.32. The van der Waals surface area contributed by atoms with Crippen molar-refractivity contribution < 1.29 is 13.5 Å². The second-order valence-electron chi connectivity index (χ2n) is 10.6. The van der Waals surface area contributed by atoms with Crippen LogP contribution in [-0.2, 0) is 0 Å². The minimum atomic E-state index is -0.528. The molecule has 38 heavy (non-hydrogen) atoms. The van der Waals surface area contributed by atoms with Crippen LogP contribution in [-0.4, -0.2) is 76.5 Å². The average molecular weight is 521 g/mol. The molecular formula is C27H30F2N8O. The van der Waals surface area contributed by atoms with Crippen LogP contribution in [0.3, 0.4) is 0 Å². The van der Waals surface area contributed by atoms with E-state index in [1.54, 1.807) is 18.2 Å². The first kappa shape index (κ1) is 23.5. The Labute approximate surface area is 218 Å². The number of ether oxygens (including phenoxy) is 1. The van der Waals surface area contributed by atoms with Crippen LogP contribution in [0.5, 0.6) is 6.01 Å². The third-order valence-electron chi connectivity index (χ3n) is 8.16. The molecule has 3 saturated heterocycles. The first-order valence-corrected chi connectivity index (χ1v) is 13.3. The molecule has 0 radical (unpaired) electrons. The molecule has 5 heterocycles. The lowest BCUT2D eigenvalue weighted by molar-refractivity contribution is 0.188. The van der Waals surface area contributed by atoms with Crippen LogP contribution in [0.1, 0.15) is 25.7 Å². The number of fused-ring (bicyclic) bond motifs is 4. The molecule has 0 aliphatic carbocycles. The highest BCUT2D eigenvalue weighted by Crippen LogP contribution is 2.35. The number of benzene rings is 2. The second-order valence-corrected chi connectivity index (χ2v) is 10.6. The van der Waals surface area contributed by atoms with Crippen molar-refractivity contribution in [2.24, 2.45) is 0 Å². The van der Waals surface area contributed by atoms with E-state index in [4.69, 9.17) is 9.72 Å². The zero-order valence-corrected chi connectivity index (χ0v) is 21.2. The largest absolute Gasteiger partial charge is 0.462 e. The lowest BCUT2D eigenvalue weighted by Gasteiger charge is -2.34. The van der Waals surface area contributed by atoms with Gasteiger partial charge in [-0.3, -0.25) is 5.10 Å². The van der Waals surface area contributed by atoms with Crippen molar-refractivity contribution in [3.63, 3.8) is 0 Å². The fourth-order valence-electron chi connectivity index (χ4n) is 6.09. The van der Waals surface area contributed by atoms with Crippen LogP contribution in [0.2, 0.25) is 0 Å². The van der Waals surface area contributed by atoms with Gasteiger partial charge in [-0.1, -0.05) is 6.07 Å². The first-order chi connectivity index (χ1) is 18.5. The molecule has 0 unspecified atom stereocenters. The third kappa shape index (κ3) is 4.10. The maximum Gasteiger partial charge on any atom is 0.319 e. The number of likely N-dealkylation sites (N-methyl/N-ethyl adjacent to an activating group) is 1. The maximum absolute atomic E-state index is 16.1. The molecule has 3 aliphatic rings. The number of rotatable bonds is 6. The molecule has 3 aliphatic heterocycles. The number of nitrogens with zero attached hydrogens (tertiary/aromatic N) is 5. The van der Waals surface area contributed by atoms with Gasteiger partial charge in [-0.15, -0.1) is 0 Å². The molecule has 3 atom stereocenters. The van der Waals surface area contributed by atoms with E-state index in [0.29, 0.717) is 47.1 Å². The van der Waals surface area contributed by atoms with Crippen molar-refractivity contribution in [3.05, 3.63) is 42.0 Å². The first-order valence-electron chi connectivity index (χ1n) is 13.3. The smallest absolute Gasteiger partial charge is 0.319 e. The van der Waals surface area contributed by atoms with E-state index in [1.807, 2.05) is 6.07 Å². The topological polar surface area (TPSA) is 94.2 Å². The normalized spacial score (nSPS) is 23.6. The molecule has 3 fully saturated rings. The lowest BCUT2D eigenvalue weighted by Crippen LogP contribution is -2.51. The molecular weight excluding hydrogens is 490 g/mol. The van der Waals surface area contributed by atoms with Crippen molar-refractivity contribution >= 4 is 39.1 Å². The van der Waals surface area contributed by atoms with Crippen LogP contribution in [0.25, 0.3) is 21.8 Å². The van der Waals surface area contributed by atoms with Crippen LogP contribution in [0, 0.1) is 11.6 Å². The van der Waals surface area contributed by atoms with Gasteiger partial charge in [0, 0.05) is 42.0 Å². The zero-order valence-electron chi connectivity index (χ0n) is 21.2. The molecule has 11 heteroatoms. The van der Waals surface area contributed by atoms with E-state index in [0.717, 1.165) is 45.3 Å². The van der Waals surface area contributed by atoms with Gasteiger partial charge in [0.25, 0.3) is 0 Å². The summed E-state index contributed by atoms with van der Waals surface area (Å²) in [5.74, 6) is 0.0890. The summed E-state index contributed by atoms with van der Waals surface area (Å²) in [6, 6.07) is 9.45. The standard InChI is InChI=1S/C27H30F2N8O/c1-36-11-3-4-17(36)14-38-27-32-24-19(26(33-27)37-12-15-7-8-16(13-37)30-15)9-10-21(22(24)29)31-25-18-5-2-6-20(28)23(18)34-35-25/h2,5-6,9-10,15-17,30H,3-4,7-8,11-14H2,1H3,(H2,31,34,35)/t15-,16+,17-/m0/s1. The van der Waals surface area contributed by atoms with Gasteiger partial charge in [-0.25, -0.2) is 8.78 Å². The number of likely N-dealkylation sites (tertiary alicyclic amines) is 1. The van der Waals surface area contributed by atoms with Crippen LogP contribution in [0.15, 0.2) is 30.3 Å². The molecule has 3 N–H and O–H groups in total. The highest BCUT2D eigenvalue weighted by atomic mass is 19.1. The van der Waals surface area contributed by atoms with E-state index in [2.05, 4.69) is 42.7 Å². The molecule has 2 aromatic carbocycles. The summed E-state index contributed by atoms with van der Waals surface area (Å²) in [5, 5.41) is 14.7. The van der Waals surface area contributed by atoms with E-state index in [-0.39, 0.29) is 22.7 Å². The molecule has 2 bridgehead atoms. The van der Waals surface area contributed by atoms with Gasteiger partial charge in [-0.2, -0.15) is 15.1 Å². The summed E-state index contributed by atoms with van der Waals surface area (Å²) in [7, 11) is 2.09. The number of hydrogen-bond donors (Lipinski definition) is 3. The van der Waals surface area contributed by atoms with Crippen molar-refractivity contribution in [2.45, 2.75) is 43.8 Å². The summed E-state index contributed by atoms with van der Waals surface area (Å²) in [6.07, 6.45) is 4.44. The molecule has 0 amide bonds. The summed E-state index contributed by atoms with van der Waals surface area (Å²) < 4.78 is 36.3. The van der Waals surface area contributed by atoms with Gasteiger partial charge >= 0.3 is 6.01 Å². The Morgan fingerprint density at radius 2 is 1.89 bits per heavy atom. The molecule has 2 aromatic heterocycles. The van der Waals surface area contributed by atoms with Gasteiger partial charge < -0.3 is 25.2 Å². The number of aromatic amines is 1. The Balaban J connectivity index is 1.27. The van der Waals surface area contributed by atoms with Gasteiger partial charge in [0.15, 0.2) is 11.6 Å². The number of hydrogen-bond acceptors (Lipinski definition) is 8. The fourth-order valence-corrected chi connectivity index (χ4v) is 6.09. The van der Waals surface area contributed by atoms with Crippen LogP contribution < -0.4 is 20.3 Å². The summed E-state index contributed by atoms with van der Waals surface area (Å²) >= 11 is 0. The minimum absolute atomic E-state index is 0.182. The number of piperazine rings is 1. The monoisotopic (exact) mass is 520 g/mol. The molecule has 7 rings (SSSR count). The van der Waals surface area contributed by atoms with E-state index >= 15 is 4.39 Å². The highest BCUT2D eigenvalue weighted by Gasteiger charge is 2.34. The van der Waals surface area contributed by atoms with Crippen LogP contribution >= 0.6 is 0 Å². The molecule has 198 valence electrons. The Bertz CT molecular complexity index is 1500. The third-order valence-corrected chi connectivity index (χ3v) is 8.16. The number of aromatic nitrogens is 4. The molecule has 0 spiro atoms. The maximum atomic E-state index is 16.1. The van der Waals surface area contributed by atoms with Gasteiger partial charge in [0.2, 0.25) is 0 Å². The Morgan fingerprint density at radius 3 is 2.68 bits per heavy atom. The molecule has 9 nitrogen and oxygen atoms in total. The van der Waals surface area contributed by atoms with Gasteiger partial charge in [0.1, 0.15) is 29.3 Å². The van der Waals surface area contributed by atoms with Gasteiger partial charge in [-0.05, 0) is 63.5 Å². The van der Waals surface area contributed by atoms with Gasteiger partial charge in [0.05, 0.1) is 5.69 Å². The Kier molecular flexibility index (Phi) is 5.77. The zero-order chi connectivity index (χ0) is 25.8. The Morgan fingerprint density at radius 1 is 1.05 bits per heavy atom. The number of para-hydroxylation sites is 1. The van der Waals surface area contributed by atoms with E-state index in [9.17, 15) is 4.39 Å². The van der Waals surface area contributed by atoms with E-state index in [1.165, 1.54) is 6.07 Å². The highest BCUT2D eigenvalue weighted by molar-refractivity contribution is 5.95. The van der Waals surface area contributed by atoms with Crippen molar-refractivity contribution in [1.29, 1.82) is 0 Å². The quantitative estimate of drug-likeness (QED) is 0.352. The summed E-state index contributed by atoms with van der Waals surface area (Å²) in [6.45, 7) is 3.11. The van der Waals surface area contributed by atoms with Crippen molar-refractivity contribution in [3.8, 4) is 6.01 Å². The fraction of sp³-hybridized carbons (Fsp3) is 0.444.